The molecule has 2 aromatic heterocycles. The molecule has 0 aliphatic heterocycles. The maximum atomic E-state index is 13.7. The topological polar surface area (TPSA) is 78.5 Å². The Labute approximate surface area is 124 Å². The molecule has 2 heterocycles. The Hall–Kier alpha value is -2.65. The number of rotatable bonds is 3. The Morgan fingerprint density at radius 1 is 1.33 bits per heavy atom. The van der Waals surface area contributed by atoms with Crippen molar-refractivity contribution in [3.63, 3.8) is 0 Å². The van der Waals surface area contributed by atoms with Crippen LogP contribution in [-0.4, -0.2) is 15.1 Å². The molecule has 0 fully saturated rings. The zero-order valence-corrected chi connectivity index (χ0v) is 11.4. The van der Waals surface area contributed by atoms with E-state index in [0.717, 1.165) is 0 Å². The van der Waals surface area contributed by atoms with Crippen LogP contribution in [0.15, 0.2) is 34.9 Å². The van der Waals surface area contributed by atoms with E-state index in [4.69, 9.17) is 21.4 Å². The van der Waals surface area contributed by atoms with Crippen molar-refractivity contribution in [3.8, 4) is 17.7 Å². The van der Waals surface area contributed by atoms with Crippen LogP contribution < -0.4 is 0 Å². The van der Waals surface area contributed by atoms with Crippen molar-refractivity contribution in [2.75, 3.05) is 0 Å². The lowest BCUT2D eigenvalue weighted by Gasteiger charge is -2.01. The van der Waals surface area contributed by atoms with E-state index < -0.39 is 5.82 Å². The fourth-order valence-corrected chi connectivity index (χ4v) is 2.11. The fraction of sp³-hybridized carbons (Fsp3) is 0.0714. The van der Waals surface area contributed by atoms with Crippen LogP contribution >= 0.6 is 11.6 Å². The molecule has 0 saturated carbocycles. The van der Waals surface area contributed by atoms with Gasteiger partial charge < -0.3 is 9.51 Å². The van der Waals surface area contributed by atoms with Crippen molar-refractivity contribution in [1.29, 1.82) is 5.26 Å². The number of nitrogens with zero attached hydrogens (tertiary/aromatic N) is 3. The molecule has 0 saturated heterocycles. The van der Waals surface area contributed by atoms with Crippen LogP contribution in [0.5, 0.6) is 0 Å². The maximum absolute atomic E-state index is 13.7. The molecule has 0 unspecified atom stereocenters. The molecule has 0 spiro atoms. The van der Waals surface area contributed by atoms with Gasteiger partial charge in [0.2, 0.25) is 0 Å². The third-order valence-corrected chi connectivity index (χ3v) is 3.26. The van der Waals surface area contributed by atoms with Crippen LogP contribution in [0, 0.1) is 17.1 Å². The van der Waals surface area contributed by atoms with Crippen LogP contribution in [0.1, 0.15) is 17.1 Å². The van der Waals surface area contributed by atoms with Crippen molar-refractivity contribution >= 4 is 11.6 Å². The second-order valence-corrected chi connectivity index (χ2v) is 4.70. The van der Waals surface area contributed by atoms with E-state index in [-0.39, 0.29) is 12.3 Å². The third-order valence-electron chi connectivity index (χ3n) is 2.90. The van der Waals surface area contributed by atoms with Gasteiger partial charge in [-0.05, 0) is 24.3 Å². The van der Waals surface area contributed by atoms with Gasteiger partial charge >= 0.3 is 0 Å². The first-order valence-corrected chi connectivity index (χ1v) is 6.40. The third kappa shape index (κ3) is 2.64. The molecule has 0 aliphatic carbocycles. The van der Waals surface area contributed by atoms with Crippen molar-refractivity contribution in [1.82, 2.24) is 15.1 Å². The molecule has 0 atom stereocenters. The van der Waals surface area contributed by atoms with Crippen LogP contribution in [0.25, 0.3) is 11.6 Å². The summed E-state index contributed by atoms with van der Waals surface area (Å²) in [6.07, 6.45) is 0.126. The van der Waals surface area contributed by atoms with Crippen LogP contribution in [-0.2, 0) is 6.42 Å². The number of nitrogens with one attached hydrogen (secondary N) is 1. The predicted molar refractivity (Wildman–Crippen MR) is 73.0 cm³/mol. The molecule has 1 N–H and O–H groups in total. The minimum Gasteiger partial charge on any atom is -0.342 e. The van der Waals surface area contributed by atoms with Gasteiger partial charge in [-0.2, -0.15) is 10.2 Å². The van der Waals surface area contributed by atoms with Gasteiger partial charge in [-0.15, -0.1) is 0 Å². The first-order valence-electron chi connectivity index (χ1n) is 6.02. The van der Waals surface area contributed by atoms with E-state index >= 15 is 0 Å². The SMILES string of the molecule is N#Cc1ccc(-c2nc(Cc3c(F)cccc3Cl)no2)[nH]1. The molecule has 0 amide bonds. The monoisotopic (exact) mass is 302 g/mol. The lowest BCUT2D eigenvalue weighted by atomic mass is 10.1. The summed E-state index contributed by atoms with van der Waals surface area (Å²) >= 11 is 5.96. The normalized spacial score (nSPS) is 10.5. The standard InChI is InChI=1S/C14H8ClFN4O/c15-10-2-1-3-11(16)9(10)6-13-19-14(21-20-13)12-5-4-8(7-17)18-12/h1-5,18H,6H2. The first kappa shape index (κ1) is 13.3. The molecule has 0 radical (unpaired) electrons. The lowest BCUT2D eigenvalue weighted by Crippen LogP contribution is -1.95. The number of benzene rings is 1. The van der Waals surface area contributed by atoms with Crippen molar-refractivity contribution in [2.24, 2.45) is 0 Å². The number of hydrogen-bond acceptors (Lipinski definition) is 4. The first-order chi connectivity index (χ1) is 10.2. The molecule has 104 valence electrons. The summed E-state index contributed by atoms with van der Waals surface area (Å²) in [5, 5.41) is 12.9. The van der Waals surface area contributed by atoms with Crippen molar-refractivity contribution in [3.05, 3.63) is 58.3 Å². The van der Waals surface area contributed by atoms with Gasteiger partial charge in [-0.3, -0.25) is 0 Å². The van der Waals surface area contributed by atoms with Crippen LogP contribution in [0.2, 0.25) is 5.02 Å². The Morgan fingerprint density at radius 2 is 2.19 bits per heavy atom. The molecular formula is C14H8ClFN4O. The Kier molecular flexibility index (Phi) is 3.42. The van der Waals surface area contributed by atoms with Crippen LogP contribution in [0.4, 0.5) is 4.39 Å². The van der Waals surface area contributed by atoms with Gasteiger partial charge in [-0.25, -0.2) is 4.39 Å². The van der Waals surface area contributed by atoms with Gasteiger partial charge in [-0.1, -0.05) is 22.8 Å². The number of nitriles is 1. The second kappa shape index (κ2) is 5.38. The number of halogens is 2. The molecule has 5 nitrogen and oxygen atoms in total. The summed E-state index contributed by atoms with van der Waals surface area (Å²) in [4.78, 5) is 6.98. The number of hydrogen-bond donors (Lipinski definition) is 1. The lowest BCUT2D eigenvalue weighted by molar-refractivity contribution is 0.422. The zero-order valence-electron chi connectivity index (χ0n) is 10.6. The summed E-state index contributed by atoms with van der Waals surface area (Å²) in [7, 11) is 0. The molecular weight excluding hydrogens is 295 g/mol. The minimum absolute atomic E-state index is 0.126. The Morgan fingerprint density at radius 3 is 2.90 bits per heavy atom. The second-order valence-electron chi connectivity index (χ2n) is 4.29. The molecule has 7 heteroatoms. The highest BCUT2D eigenvalue weighted by molar-refractivity contribution is 6.31. The summed E-state index contributed by atoms with van der Waals surface area (Å²) < 4.78 is 18.8. The van der Waals surface area contributed by atoms with Gasteiger partial charge in [0, 0.05) is 17.0 Å². The van der Waals surface area contributed by atoms with E-state index in [2.05, 4.69) is 15.1 Å². The number of aromatic nitrogens is 3. The highest BCUT2D eigenvalue weighted by Gasteiger charge is 2.14. The van der Waals surface area contributed by atoms with E-state index in [1.807, 2.05) is 6.07 Å². The molecule has 3 rings (SSSR count). The average Bonchev–Trinajstić information content (AvgIpc) is 3.11. The number of aromatic amines is 1. The molecule has 0 aliphatic rings. The van der Waals surface area contributed by atoms with E-state index in [0.29, 0.717) is 27.8 Å². The van der Waals surface area contributed by atoms with Crippen LogP contribution in [0.3, 0.4) is 0 Å². The van der Waals surface area contributed by atoms with E-state index in [9.17, 15) is 4.39 Å². The van der Waals surface area contributed by atoms with E-state index in [1.54, 1.807) is 18.2 Å². The summed E-state index contributed by atoms with van der Waals surface area (Å²) in [6.45, 7) is 0. The maximum Gasteiger partial charge on any atom is 0.274 e. The number of H-pyrrole nitrogens is 1. The smallest absolute Gasteiger partial charge is 0.274 e. The molecule has 0 bridgehead atoms. The highest BCUT2D eigenvalue weighted by atomic mass is 35.5. The predicted octanol–water partition coefficient (Wildman–Crippen LogP) is 3.32. The quantitative estimate of drug-likeness (QED) is 0.805. The molecule has 3 aromatic rings. The minimum atomic E-state index is -0.416. The van der Waals surface area contributed by atoms with Gasteiger partial charge in [0.25, 0.3) is 5.89 Å². The highest BCUT2D eigenvalue weighted by Crippen LogP contribution is 2.23. The fourth-order valence-electron chi connectivity index (χ4n) is 1.88. The zero-order chi connectivity index (χ0) is 14.8. The average molecular weight is 303 g/mol. The molecule has 1 aromatic carbocycles. The van der Waals surface area contributed by atoms with Gasteiger partial charge in [0.15, 0.2) is 5.82 Å². The summed E-state index contributed by atoms with van der Waals surface area (Å²) in [5.41, 5.74) is 1.24. The Bertz CT molecular complexity index is 813. The van der Waals surface area contributed by atoms with Crippen molar-refractivity contribution in [2.45, 2.75) is 6.42 Å². The largest absolute Gasteiger partial charge is 0.342 e. The van der Waals surface area contributed by atoms with Gasteiger partial charge in [0.1, 0.15) is 23.3 Å². The van der Waals surface area contributed by atoms with E-state index in [1.165, 1.54) is 12.1 Å². The Balaban J connectivity index is 1.87. The van der Waals surface area contributed by atoms with Gasteiger partial charge in [0.05, 0.1) is 0 Å². The summed E-state index contributed by atoms with van der Waals surface area (Å²) in [5.74, 6) is 0.129. The molecule has 21 heavy (non-hydrogen) atoms. The summed E-state index contributed by atoms with van der Waals surface area (Å²) in [6, 6.07) is 9.69. The van der Waals surface area contributed by atoms with Crippen molar-refractivity contribution < 1.29 is 8.91 Å².